The molecule has 10 heteroatoms. The molecular formula is C21H18ClFN6O2. The van der Waals surface area contributed by atoms with E-state index in [2.05, 4.69) is 20.6 Å². The van der Waals surface area contributed by atoms with Crippen molar-refractivity contribution >= 4 is 29.0 Å². The number of anilines is 2. The number of nitrogens with two attached hydrogens (primary N) is 1. The molecule has 0 fully saturated rings. The summed E-state index contributed by atoms with van der Waals surface area (Å²) in [6, 6.07) is 11.6. The molecule has 2 heterocycles. The van der Waals surface area contributed by atoms with E-state index in [4.69, 9.17) is 21.8 Å². The molecule has 0 aliphatic heterocycles. The van der Waals surface area contributed by atoms with Crippen LogP contribution in [0.5, 0.6) is 0 Å². The van der Waals surface area contributed by atoms with Gasteiger partial charge in [0.15, 0.2) is 11.5 Å². The molecule has 3 N–H and O–H groups in total. The van der Waals surface area contributed by atoms with Crippen molar-refractivity contribution in [3.05, 3.63) is 76.0 Å². The first-order valence-electron chi connectivity index (χ1n) is 9.30. The highest BCUT2D eigenvalue weighted by atomic mass is 35.5. The number of rotatable bonds is 5. The van der Waals surface area contributed by atoms with Crippen molar-refractivity contribution < 1.29 is 13.6 Å². The summed E-state index contributed by atoms with van der Waals surface area (Å²) in [7, 11) is 0. The molecule has 2 aromatic heterocycles. The lowest BCUT2D eigenvalue weighted by Crippen LogP contribution is -2.15. The van der Waals surface area contributed by atoms with Crippen LogP contribution in [0.15, 0.2) is 46.9 Å². The molecule has 0 unspecified atom stereocenters. The molecule has 0 spiro atoms. The number of hydrogen-bond acceptors (Lipinski definition) is 6. The highest BCUT2D eigenvalue weighted by molar-refractivity contribution is 6.31. The van der Waals surface area contributed by atoms with Crippen molar-refractivity contribution in [2.75, 3.05) is 11.1 Å². The van der Waals surface area contributed by atoms with Gasteiger partial charge in [-0.3, -0.25) is 4.79 Å². The number of nitrogen functional groups attached to an aromatic ring is 1. The van der Waals surface area contributed by atoms with Gasteiger partial charge in [-0.2, -0.15) is 0 Å². The van der Waals surface area contributed by atoms with Gasteiger partial charge in [-0.25, -0.2) is 14.1 Å². The van der Waals surface area contributed by atoms with Gasteiger partial charge in [0, 0.05) is 11.3 Å². The Balaban J connectivity index is 1.52. The predicted octanol–water partition coefficient (Wildman–Crippen LogP) is 4.23. The van der Waals surface area contributed by atoms with E-state index in [1.165, 1.54) is 16.8 Å². The molecule has 158 valence electrons. The van der Waals surface area contributed by atoms with E-state index >= 15 is 0 Å². The van der Waals surface area contributed by atoms with Gasteiger partial charge in [0.1, 0.15) is 17.3 Å². The van der Waals surface area contributed by atoms with Crippen LogP contribution in [-0.2, 0) is 6.54 Å². The molecule has 0 aliphatic carbocycles. The lowest BCUT2D eigenvalue weighted by Gasteiger charge is -2.05. The van der Waals surface area contributed by atoms with Crippen molar-refractivity contribution in [3.63, 3.8) is 0 Å². The van der Waals surface area contributed by atoms with Crippen LogP contribution in [0.2, 0.25) is 5.02 Å². The number of carbonyl (C=O) groups is 1. The minimum atomic E-state index is -0.594. The van der Waals surface area contributed by atoms with Gasteiger partial charge < -0.3 is 15.5 Å². The topological polar surface area (TPSA) is 112 Å². The van der Waals surface area contributed by atoms with Crippen LogP contribution >= 0.6 is 11.6 Å². The summed E-state index contributed by atoms with van der Waals surface area (Å²) in [4.78, 5) is 17.0. The molecule has 0 saturated carbocycles. The quantitative estimate of drug-likeness (QED) is 0.480. The monoisotopic (exact) mass is 440 g/mol. The molecule has 8 nitrogen and oxygen atoms in total. The normalized spacial score (nSPS) is 11.0. The van der Waals surface area contributed by atoms with Gasteiger partial charge in [0.05, 0.1) is 11.6 Å². The molecule has 0 atom stereocenters. The van der Waals surface area contributed by atoms with Gasteiger partial charge >= 0.3 is 0 Å². The maximum atomic E-state index is 13.3. The number of nitrogens with one attached hydrogen (secondary N) is 1. The van der Waals surface area contributed by atoms with E-state index in [0.29, 0.717) is 23.0 Å². The van der Waals surface area contributed by atoms with Crippen LogP contribution in [0.3, 0.4) is 0 Å². The Kier molecular flexibility index (Phi) is 5.43. The first-order chi connectivity index (χ1) is 14.8. The second-order valence-electron chi connectivity index (χ2n) is 6.95. The molecular weight excluding hydrogens is 423 g/mol. The van der Waals surface area contributed by atoms with Crippen LogP contribution in [0.4, 0.5) is 15.9 Å². The lowest BCUT2D eigenvalue weighted by atomic mass is 10.1. The number of hydrogen-bond donors (Lipinski definition) is 2. The number of halogens is 2. The Labute approximate surface area is 181 Å². The van der Waals surface area contributed by atoms with E-state index < -0.39 is 11.7 Å². The summed E-state index contributed by atoms with van der Waals surface area (Å²) in [6.45, 7) is 3.97. The number of nitrogens with zero attached hydrogens (tertiary/aromatic N) is 4. The summed E-state index contributed by atoms with van der Waals surface area (Å²) in [5.41, 5.74) is 8.92. The number of oxazole rings is 1. The lowest BCUT2D eigenvalue weighted by molar-refractivity contribution is 0.102. The smallest absolute Gasteiger partial charge is 0.280 e. The van der Waals surface area contributed by atoms with Crippen LogP contribution in [0, 0.1) is 19.7 Å². The second-order valence-corrected chi connectivity index (χ2v) is 7.36. The number of aromatic nitrogens is 4. The number of amides is 1. The Bertz CT molecular complexity index is 1270. The summed E-state index contributed by atoms with van der Waals surface area (Å²) in [5.74, 6) is -0.0264. The second kappa shape index (κ2) is 8.19. The van der Waals surface area contributed by atoms with E-state index in [1.54, 1.807) is 6.92 Å². The zero-order chi connectivity index (χ0) is 22.1. The summed E-state index contributed by atoms with van der Waals surface area (Å²) in [6.07, 6.45) is 0. The maximum absolute atomic E-state index is 13.3. The van der Waals surface area contributed by atoms with E-state index in [9.17, 15) is 9.18 Å². The summed E-state index contributed by atoms with van der Waals surface area (Å²) < 4.78 is 20.4. The minimum Gasteiger partial charge on any atom is -0.441 e. The van der Waals surface area contributed by atoms with Crippen LogP contribution in [-0.4, -0.2) is 25.9 Å². The fourth-order valence-corrected chi connectivity index (χ4v) is 3.08. The van der Waals surface area contributed by atoms with Crippen LogP contribution in [0.25, 0.3) is 11.5 Å². The third kappa shape index (κ3) is 4.26. The minimum absolute atomic E-state index is 0.0602. The highest BCUT2D eigenvalue weighted by Crippen LogP contribution is 2.24. The third-order valence-corrected chi connectivity index (χ3v) is 4.95. The number of benzene rings is 2. The molecule has 4 rings (SSSR count). The van der Waals surface area contributed by atoms with Gasteiger partial charge in [-0.15, -0.1) is 5.10 Å². The van der Waals surface area contributed by atoms with E-state index in [0.717, 1.165) is 17.2 Å². The highest BCUT2D eigenvalue weighted by Gasteiger charge is 2.20. The molecule has 0 aliphatic rings. The molecule has 31 heavy (non-hydrogen) atoms. The van der Waals surface area contributed by atoms with Crippen LogP contribution in [0.1, 0.15) is 27.5 Å². The van der Waals surface area contributed by atoms with Crippen molar-refractivity contribution in [1.82, 2.24) is 20.0 Å². The van der Waals surface area contributed by atoms with Gasteiger partial charge in [0.2, 0.25) is 5.89 Å². The summed E-state index contributed by atoms with van der Waals surface area (Å²) >= 11 is 5.74. The van der Waals surface area contributed by atoms with Gasteiger partial charge in [-0.1, -0.05) is 34.5 Å². The Morgan fingerprint density at radius 3 is 2.68 bits per heavy atom. The average Bonchev–Trinajstić information content (AvgIpc) is 3.28. The average molecular weight is 441 g/mol. The Hall–Kier alpha value is -3.72. The van der Waals surface area contributed by atoms with Crippen molar-refractivity contribution in [2.45, 2.75) is 20.4 Å². The number of aryl methyl sites for hydroxylation is 2. The zero-order valence-corrected chi connectivity index (χ0v) is 17.4. The fourth-order valence-electron chi connectivity index (χ4n) is 2.90. The largest absolute Gasteiger partial charge is 0.441 e. The van der Waals surface area contributed by atoms with Gasteiger partial charge in [-0.05, 0) is 44.2 Å². The molecule has 0 saturated heterocycles. The van der Waals surface area contributed by atoms with E-state index in [-0.39, 0.29) is 23.1 Å². The predicted molar refractivity (Wildman–Crippen MR) is 114 cm³/mol. The molecule has 0 radical (unpaired) electrons. The molecule has 4 aromatic rings. The van der Waals surface area contributed by atoms with Crippen molar-refractivity contribution in [2.24, 2.45) is 0 Å². The van der Waals surface area contributed by atoms with E-state index in [1.807, 2.05) is 31.2 Å². The maximum Gasteiger partial charge on any atom is 0.280 e. The summed E-state index contributed by atoms with van der Waals surface area (Å²) in [5, 5.41) is 10.3. The molecule has 1 amide bonds. The third-order valence-electron chi connectivity index (χ3n) is 4.66. The standard InChI is InChI=1S/C21H18ClFN6O2/c1-11-3-5-13(6-4-11)21-26-17(12(2)31-21)10-29-19(24)18(27-28-29)20(30)25-14-7-8-16(23)15(22)9-14/h3-9H,10,24H2,1-2H3,(H,25,30). The van der Waals surface area contributed by atoms with Gasteiger partial charge in [0.25, 0.3) is 5.91 Å². The van der Waals surface area contributed by atoms with Crippen LogP contribution < -0.4 is 11.1 Å². The fraction of sp³-hybridized carbons (Fsp3) is 0.143. The van der Waals surface area contributed by atoms with Crippen molar-refractivity contribution in [3.8, 4) is 11.5 Å². The first kappa shape index (κ1) is 20.5. The van der Waals surface area contributed by atoms with Crippen molar-refractivity contribution in [1.29, 1.82) is 0 Å². The first-order valence-corrected chi connectivity index (χ1v) is 9.68. The SMILES string of the molecule is Cc1ccc(-c2nc(Cn3nnc(C(=O)Nc4ccc(F)c(Cl)c4)c3N)c(C)o2)cc1. The Morgan fingerprint density at radius 2 is 1.97 bits per heavy atom. The molecule has 0 bridgehead atoms. The zero-order valence-electron chi connectivity index (χ0n) is 16.7. The molecule has 2 aromatic carbocycles. The Morgan fingerprint density at radius 1 is 1.23 bits per heavy atom. The number of carbonyl (C=O) groups excluding carboxylic acids is 1.